The third-order valence-electron chi connectivity index (χ3n) is 3.92. The van der Waals surface area contributed by atoms with Gasteiger partial charge in [0, 0.05) is 12.0 Å². The molecular weight excluding hydrogens is 322 g/mol. The van der Waals surface area contributed by atoms with Gasteiger partial charge in [-0.25, -0.2) is 0 Å². The Morgan fingerprint density at radius 2 is 1.67 bits per heavy atom. The van der Waals surface area contributed by atoms with Crippen molar-refractivity contribution in [3.63, 3.8) is 0 Å². The van der Waals surface area contributed by atoms with E-state index in [1.807, 2.05) is 6.07 Å². The Balaban J connectivity index is 0.000000526. The molecule has 1 aliphatic rings. The lowest BCUT2D eigenvalue weighted by Gasteiger charge is -2.02. The molecule has 5 heteroatoms. The third-order valence-corrected chi connectivity index (χ3v) is 3.92. The van der Waals surface area contributed by atoms with Gasteiger partial charge in [-0.3, -0.25) is 4.99 Å². The summed E-state index contributed by atoms with van der Waals surface area (Å²) in [5.41, 5.74) is 8.33. The maximum Gasteiger partial charge on any atom is 0.335 e. The van der Waals surface area contributed by atoms with Crippen LogP contribution in [0.4, 0.5) is 5.69 Å². The first-order valence-corrected chi connectivity index (χ1v) is 8.10. The van der Waals surface area contributed by atoms with Crippen LogP contribution >= 0.6 is 0 Å². The number of nitrogens with zero attached hydrogens (tertiary/aromatic N) is 1. The molecule has 0 atom stereocenters. The first kappa shape index (κ1) is 16.1. The van der Waals surface area contributed by atoms with E-state index >= 15 is 0 Å². The molecule has 0 unspecified atom stereocenters. The molecule has 0 aliphatic carbocycles. The number of benzene rings is 2. The molecule has 0 saturated carbocycles. The number of furan rings is 1. The molecule has 0 spiro atoms. The van der Waals surface area contributed by atoms with Crippen LogP contribution in [0.5, 0.6) is 0 Å². The molecular formula is C19H15NO3S. The summed E-state index contributed by atoms with van der Waals surface area (Å²) < 4.78 is 21.7. The van der Waals surface area contributed by atoms with Gasteiger partial charge >= 0.3 is 11.6 Å². The fraction of sp³-hybridized carbons (Fsp3) is 0.105. The maximum absolute atomic E-state index is 8.29. The zero-order valence-corrected chi connectivity index (χ0v) is 13.9. The Labute approximate surface area is 143 Å². The van der Waals surface area contributed by atoms with Crippen molar-refractivity contribution in [2.45, 2.75) is 13.3 Å². The molecule has 4 nitrogen and oxygen atoms in total. The SMILES string of the molecule is Cc1ccc2c(c1)CC(c1ccc(-c3ccoc3)cc1)=N2.O=S=O. The predicted molar refractivity (Wildman–Crippen MR) is 94.1 cm³/mol. The van der Waals surface area contributed by atoms with Crippen molar-refractivity contribution in [1.29, 1.82) is 0 Å². The first-order valence-electron chi connectivity index (χ1n) is 7.43. The van der Waals surface area contributed by atoms with Gasteiger partial charge in [0.15, 0.2) is 0 Å². The van der Waals surface area contributed by atoms with E-state index < -0.39 is 11.6 Å². The smallest absolute Gasteiger partial charge is 0.335 e. The van der Waals surface area contributed by atoms with Gasteiger partial charge in [-0.05, 0) is 35.7 Å². The number of fused-ring (bicyclic) bond motifs is 1. The molecule has 120 valence electrons. The van der Waals surface area contributed by atoms with E-state index in [1.165, 1.54) is 22.3 Å². The van der Waals surface area contributed by atoms with Crippen LogP contribution in [0.1, 0.15) is 16.7 Å². The summed E-state index contributed by atoms with van der Waals surface area (Å²) in [7, 11) is 0. The molecule has 0 N–H and O–H groups in total. The monoisotopic (exact) mass is 337 g/mol. The van der Waals surface area contributed by atoms with Gasteiger partial charge in [0.2, 0.25) is 0 Å². The molecule has 3 aromatic rings. The average molecular weight is 337 g/mol. The Morgan fingerprint density at radius 1 is 0.958 bits per heavy atom. The zero-order chi connectivity index (χ0) is 16.9. The fourth-order valence-electron chi connectivity index (χ4n) is 2.78. The molecule has 4 rings (SSSR count). The summed E-state index contributed by atoms with van der Waals surface area (Å²) in [5, 5.41) is 0. The maximum atomic E-state index is 8.29. The lowest BCUT2D eigenvalue weighted by atomic mass is 10.0. The topological polar surface area (TPSA) is 59.6 Å². The average Bonchev–Trinajstić information content (AvgIpc) is 3.25. The van der Waals surface area contributed by atoms with Crippen LogP contribution in [0.3, 0.4) is 0 Å². The van der Waals surface area contributed by atoms with Crippen molar-refractivity contribution in [2.75, 3.05) is 0 Å². The molecule has 0 amide bonds. The molecule has 2 heterocycles. The second-order valence-corrected chi connectivity index (χ2v) is 5.66. The van der Waals surface area contributed by atoms with Crippen molar-refractivity contribution in [3.05, 3.63) is 77.7 Å². The summed E-state index contributed by atoms with van der Waals surface area (Å²) in [4.78, 5) is 4.75. The van der Waals surface area contributed by atoms with E-state index in [0.717, 1.165) is 23.4 Å². The second kappa shape index (κ2) is 7.19. The van der Waals surface area contributed by atoms with E-state index in [4.69, 9.17) is 17.8 Å². The highest BCUT2D eigenvalue weighted by Gasteiger charge is 2.16. The number of aryl methyl sites for hydroxylation is 1. The highest BCUT2D eigenvalue weighted by atomic mass is 32.1. The number of hydrogen-bond acceptors (Lipinski definition) is 4. The minimum absolute atomic E-state index is 0.750. The van der Waals surface area contributed by atoms with Crippen molar-refractivity contribution >= 4 is 23.0 Å². The van der Waals surface area contributed by atoms with Gasteiger partial charge in [-0.2, -0.15) is 8.42 Å². The summed E-state index contributed by atoms with van der Waals surface area (Å²) in [6, 6.07) is 16.9. The highest BCUT2D eigenvalue weighted by Crippen LogP contribution is 2.30. The van der Waals surface area contributed by atoms with Gasteiger partial charge in [0.25, 0.3) is 0 Å². The Bertz CT molecular complexity index is 906. The van der Waals surface area contributed by atoms with E-state index in [1.54, 1.807) is 12.5 Å². The minimum atomic E-state index is -0.750. The van der Waals surface area contributed by atoms with Crippen LogP contribution in [-0.4, -0.2) is 14.1 Å². The van der Waals surface area contributed by atoms with E-state index in [2.05, 4.69) is 49.4 Å². The normalized spacial score (nSPS) is 12.0. The van der Waals surface area contributed by atoms with Gasteiger partial charge in [0.1, 0.15) is 0 Å². The standard InChI is InChI=1S/C19H15NO.O2S/c1-13-2-7-18-17(10-13)11-19(20-18)15-5-3-14(4-6-15)16-8-9-21-12-16;1-3-2/h2-10,12H,11H2,1H3;. The van der Waals surface area contributed by atoms with Crippen molar-refractivity contribution in [2.24, 2.45) is 4.99 Å². The van der Waals surface area contributed by atoms with Crippen LogP contribution < -0.4 is 0 Å². The van der Waals surface area contributed by atoms with Crippen molar-refractivity contribution < 1.29 is 12.8 Å². The molecule has 0 saturated heterocycles. The first-order chi connectivity index (χ1) is 11.7. The predicted octanol–water partition coefficient (Wildman–Crippen LogP) is 4.26. The van der Waals surface area contributed by atoms with Crippen molar-refractivity contribution in [3.8, 4) is 11.1 Å². The third kappa shape index (κ3) is 3.41. The van der Waals surface area contributed by atoms with Gasteiger partial charge in [-0.1, -0.05) is 42.0 Å². The molecule has 1 aliphatic heterocycles. The lowest BCUT2D eigenvalue weighted by molar-refractivity contribution is 0.568. The summed E-state index contributed by atoms with van der Waals surface area (Å²) in [6.45, 7) is 2.12. The van der Waals surface area contributed by atoms with E-state index in [-0.39, 0.29) is 0 Å². The molecule has 2 aromatic carbocycles. The number of hydrogen-bond donors (Lipinski definition) is 0. The minimum Gasteiger partial charge on any atom is -0.472 e. The summed E-state index contributed by atoms with van der Waals surface area (Å²) in [6.07, 6.45) is 4.38. The molecule has 0 radical (unpaired) electrons. The Hall–Kier alpha value is -2.79. The van der Waals surface area contributed by atoms with Crippen LogP contribution in [-0.2, 0) is 18.0 Å². The Kier molecular flexibility index (Phi) is 4.82. The molecule has 1 aromatic heterocycles. The van der Waals surface area contributed by atoms with Crippen LogP contribution in [0.15, 0.2) is 70.5 Å². The zero-order valence-electron chi connectivity index (χ0n) is 13.1. The van der Waals surface area contributed by atoms with Crippen molar-refractivity contribution in [1.82, 2.24) is 0 Å². The molecule has 0 fully saturated rings. The van der Waals surface area contributed by atoms with Crippen LogP contribution in [0, 0.1) is 6.92 Å². The number of rotatable bonds is 2. The van der Waals surface area contributed by atoms with Gasteiger partial charge in [0.05, 0.1) is 23.9 Å². The lowest BCUT2D eigenvalue weighted by Crippen LogP contribution is -1.99. The Morgan fingerprint density at radius 3 is 2.33 bits per heavy atom. The van der Waals surface area contributed by atoms with Crippen LogP contribution in [0.2, 0.25) is 0 Å². The number of aliphatic imine (C=N–C) groups is 1. The quantitative estimate of drug-likeness (QED) is 0.702. The second-order valence-electron chi connectivity index (χ2n) is 5.52. The molecule has 24 heavy (non-hydrogen) atoms. The van der Waals surface area contributed by atoms with E-state index in [9.17, 15) is 0 Å². The molecule has 0 bridgehead atoms. The highest BCUT2D eigenvalue weighted by molar-refractivity contribution is 7.51. The van der Waals surface area contributed by atoms with E-state index in [0.29, 0.717) is 0 Å². The fourth-order valence-corrected chi connectivity index (χ4v) is 2.78. The summed E-state index contributed by atoms with van der Waals surface area (Å²) in [5.74, 6) is 0. The van der Waals surface area contributed by atoms with Gasteiger partial charge < -0.3 is 4.42 Å². The van der Waals surface area contributed by atoms with Gasteiger partial charge in [-0.15, -0.1) is 0 Å². The largest absolute Gasteiger partial charge is 0.472 e. The summed E-state index contributed by atoms with van der Waals surface area (Å²) >= 11 is -0.750. The van der Waals surface area contributed by atoms with Crippen LogP contribution in [0.25, 0.3) is 11.1 Å².